The maximum atomic E-state index is 11.7. The van der Waals surface area contributed by atoms with Crippen LogP contribution in [0.25, 0.3) is 6.08 Å². The van der Waals surface area contributed by atoms with Crippen LogP contribution in [0.15, 0.2) is 34.7 Å². The minimum Gasteiger partial charge on any atom is -0.462 e. The molecule has 0 aliphatic carbocycles. The number of rotatable bonds is 5. The van der Waals surface area contributed by atoms with Crippen LogP contribution in [-0.2, 0) is 14.3 Å². The first-order valence-electron chi connectivity index (χ1n) is 5.80. The molecule has 0 bridgehead atoms. The average molecular weight is 264 g/mol. The highest BCUT2D eigenvalue weighted by Crippen LogP contribution is 2.18. The zero-order valence-corrected chi connectivity index (χ0v) is 11.4. The van der Waals surface area contributed by atoms with Crippen molar-refractivity contribution in [1.82, 2.24) is 0 Å². The summed E-state index contributed by atoms with van der Waals surface area (Å²) in [7, 11) is 0. The molecule has 0 radical (unpaired) electrons. The number of ether oxygens (including phenoxy) is 1. The molecule has 0 aliphatic heterocycles. The molecule has 0 unspecified atom stereocenters. The third kappa shape index (κ3) is 3.74. The molecule has 18 heavy (non-hydrogen) atoms. The monoisotopic (exact) mass is 264 g/mol. The van der Waals surface area contributed by atoms with Gasteiger partial charge in [0.05, 0.1) is 6.61 Å². The molecule has 1 rings (SSSR count). The quantitative estimate of drug-likeness (QED) is 0.292. The van der Waals surface area contributed by atoms with E-state index in [9.17, 15) is 9.59 Å². The Kier molecular flexibility index (Phi) is 5.65. The zero-order chi connectivity index (χ0) is 13.5. The first-order valence-corrected chi connectivity index (χ1v) is 6.24. The summed E-state index contributed by atoms with van der Waals surface area (Å²) >= 11 is 4.28. The summed E-state index contributed by atoms with van der Waals surface area (Å²) in [5.74, 6) is -0.814. The van der Waals surface area contributed by atoms with E-state index in [0.29, 0.717) is 4.90 Å². The Labute approximate surface area is 112 Å². The molecule has 0 saturated carbocycles. The number of hydrogen-bond acceptors (Lipinski definition) is 4. The molecule has 1 aromatic carbocycles. The lowest BCUT2D eigenvalue weighted by Gasteiger charge is -2.06. The SMILES string of the molecule is CCOC(=O)/C(=C\c1ccccc1S)C(=O)CC. The van der Waals surface area contributed by atoms with Crippen molar-refractivity contribution >= 4 is 30.5 Å². The van der Waals surface area contributed by atoms with E-state index >= 15 is 0 Å². The largest absolute Gasteiger partial charge is 0.462 e. The van der Waals surface area contributed by atoms with Gasteiger partial charge in [-0.3, -0.25) is 4.79 Å². The predicted octanol–water partition coefficient (Wildman–Crippen LogP) is 2.90. The maximum Gasteiger partial charge on any atom is 0.341 e. The minimum absolute atomic E-state index is 0.0702. The Morgan fingerprint density at radius 2 is 1.94 bits per heavy atom. The molecule has 96 valence electrons. The third-order valence-corrected chi connectivity index (χ3v) is 2.76. The molecular formula is C14H16O3S. The van der Waals surface area contributed by atoms with E-state index in [1.807, 2.05) is 12.1 Å². The van der Waals surface area contributed by atoms with Crippen molar-refractivity contribution in [3.05, 3.63) is 35.4 Å². The third-order valence-electron chi connectivity index (χ3n) is 2.35. The Hall–Kier alpha value is -1.55. The smallest absolute Gasteiger partial charge is 0.341 e. The Morgan fingerprint density at radius 1 is 1.28 bits per heavy atom. The molecule has 0 fully saturated rings. The van der Waals surface area contributed by atoms with Crippen molar-refractivity contribution in [2.75, 3.05) is 6.61 Å². The van der Waals surface area contributed by atoms with Crippen LogP contribution < -0.4 is 0 Å². The van der Waals surface area contributed by atoms with Gasteiger partial charge in [0.1, 0.15) is 5.57 Å². The highest BCUT2D eigenvalue weighted by molar-refractivity contribution is 7.80. The molecule has 3 nitrogen and oxygen atoms in total. The highest BCUT2D eigenvalue weighted by atomic mass is 32.1. The van der Waals surface area contributed by atoms with E-state index in [0.717, 1.165) is 5.56 Å². The van der Waals surface area contributed by atoms with Crippen LogP contribution >= 0.6 is 12.6 Å². The number of thiol groups is 1. The molecule has 0 amide bonds. The van der Waals surface area contributed by atoms with E-state index in [-0.39, 0.29) is 24.4 Å². The molecule has 0 aliphatic rings. The lowest BCUT2D eigenvalue weighted by Crippen LogP contribution is -2.15. The fourth-order valence-electron chi connectivity index (χ4n) is 1.42. The van der Waals surface area contributed by atoms with Crippen molar-refractivity contribution in [1.29, 1.82) is 0 Å². The van der Waals surface area contributed by atoms with Gasteiger partial charge in [0.15, 0.2) is 5.78 Å². The van der Waals surface area contributed by atoms with Crippen molar-refractivity contribution in [3.63, 3.8) is 0 Å². The number of ketones is 1. The van der Waals surface area contributed by atoms with Gasteiger partial charge in [-0.05, 0) is 24.6 Å². The second kappa shape index (κ2) is 7.01. The molecule has 0 saturated heterocycles. The lowest BCUT2D eigenvalue weighted by molar-refractivity contribution is -0.139. The van der Waals surface area contributed by atoms with Crippen LogP contribution in [0.3, 0.4) is 0 Å². The van der Waals surface area contributed by atoms with E-state index in [1.165, 1.54) is 6.08 Å². The minimum atomic E-state index is -0.582. The Balaban J connectivity index is 3.14. The number of hydrogen-bond donors (Lipinski definition) is 1. The van der Waals surface area contributed by atoms with Crippen molar-refractivity contribution in [2.45, 2.75) is 25.2 Å². The summed E-state index contributed by atoms with van der Waals surface area (Å²) in [5.41, 5.74) is 0.798. The topological polar surface area (TPSA) is 43.4 Å². The molecule has 1 aromatic rings. The van der Waals surface area contributed by atoms with Gasteiger partial charge in [0, 0.05) is 11.3 Å². The van der Waals surface area contributed by atoms with E-state index in [1.54, 1.807) is 26.0 Å². The first-order chi connectivity index (χ1) is 8.60. The average Bonchev–Trinajstić information content (AvgIpc) is 2.37. The number of benzene rings is 1. The van der Waals surface area contributed by atoms with Crippen molar-refractivity contribution < 1.29 is 14.3 Å². The fraction of sp³-hybridized carbons (Fsp3) is 0.286. The van der Waals surface area contributed by atoms with Gasteiger partial charge in [-0.25, -0.2) is 4.79 Å². The number of esters is 1. The normalized spacial score (nSPS) is 11.2. The zero-order valence-electron chi connectivity index (χ0n) is 10.5. The molecule has 0 spiro atoms. The molecule has 0 N–H and O–H groups in total. The second-order valence-electron chi connectivity index (χ2n) is 3.61. The van der Waals surface area contributed by atoms with Gasteiger partial charge in [-0.2, -0.15) is 0 Å². The van der Waals surface area contributed by atoms with Crippen LogP contribution in [0.5, 0.6) is 0 Å². The second-order valence-corrected chi connectivity index (χ2v) is 4.10. The Morgan fingerprint density at radius 3 is 2.50 bits per heavy atom. The van der Waals surface area contributed by atoms with Crippen molar-refractivity contribution in [2.24, 2.45) is 0 Å². The van der Waals surface area contributed by atoms with Gasteiger partial charge in [0.25, 0.3) is 0 Å². The van der Waals surface area contributed by atoms with Crippen LogP contribution in [-0.4, -0.2) is 18.4 Å². The standard InChI is InChI=1S/C14H16O3S/c1-3-12(15)11(14(16)17-4-2)9-10-7-5-6-8-13(10)18/h5-9,18H,3-4H2,1-2H3/b11-9-. The lowest BCUT2D eigenvalue weighted by atomic mass is 10.1. The number of Topliss-reactive ketones (excluding diaryl/α,β-unsaturated/α-hetero) is 1. The van der Waals surface area contributed by atoms with E-state index in [2.05, 4.69) is 12.6 Å². The van der Waals surface area contributed by atoms with Gasteiger partial charge in [0.2, 0.25) is 0 Å². The van der Waals surface area contributed by atoms with Crippen LogP contribution in [0.4, 0.5) is 0 Å². The summed E-state index contributed by atoms with van der Waals surface area (Å²) in [4.78, 5) is 24.2. The van der Waals surface area contributed by atoms with Crippen molar-refractivity contribution in [3.8, 4) is 0 Å². The van der Waals surface area contributed by atoms with Crippen LogP contribution in [0.2, 0.25) is 0 Å². The van der Waals surface area contributed by atoms with Gasteiger partial charge < -0.3 is 4.74 Å². The van der Waals surface area contributed by atoms with Gasteiger partial charge in [-0.15, -0.1) is 12.6 Å². The summed E-state index contributed by atoms with van der Waals surface area (Å²) in [6.07, 6.45) is 1.80. The maximum absolute atomic E-state index is 11.7. The number of carbonyl (C=O) groups is 2. The summed E-state index contributed by atoms with van der Waals surface area (Å²) in [6, 6.07) is 7.26. The van der Waals surface area contributed by atoms with Crippen LogP contribution in [0, 0.1) is 0 Å². The summed E-state index contributed by atoms with van der Waals surface area (Å²) < 4.78 is 4.89. The Bertz CT molecular complexity index is 478. The molecule has 0 heterocycles. The molecular weight excluding hydrogens is 248 g/mol. The highest BCUT2D eigenvalue weighted by Gasteiger charge is 2.18. The predicted molar refractivity (Wildman–Crippen MR) is 73.6 cm³/mol. The molecule has 0 aromatic heterocycles. The fourth-order valence-corrected chi connectivity index (χ4v) is 1.64. The number of carbonyl (C=O) groups excluding carboxylic acids is 2. The van der Waals surface area contributed by atoms with E-state index < -0.39 is 5.97 Å². The van der Waals surface area contributed by atoms with E-state index in [4.69, 9.17) is 4.74 Å². The van der Waals surface area contributed by atoms with Crippen LogP contribution in [0.1, 0.15) is 25.8 Å². The summed E-state index contributed by atoms with van der Waals surface area (Å²) in [5, 5.41) is 0. The summed E-state index contributed by atoms with van der Waals surface area (Å²) in [6.45, 7) is 3.66. The molecule has 0 atom stereocenters. The van der Waals surface area contributed by atoms with Gasteiger partial charge in [-0.1, -0.05) is 25.1 Å². The first kappa shape index (κ1) is 14.5. The molecule has 4 heteroatoms. The van der Waals surface area contributed by atoms with Gasteiger partial charge >= 0.3 is 5.97 Å².